The predicted octanol–water partition coefficient (Wildman–Crippen LogP) is 3.98. The van der Waals surface area contributed by atoms with E-state index in [1.165, 1.54) is 5.56 Å². The van der Waals surface area contributed by atoms with Gasteiger partial charge in [-0.05, 0) is 55.5 Å². The number of benzene rings is 2. The van der Waals surface area contributed by atoms with E-state index < -0.39 is 0 Å². The Balaban J connectivity index is 1.38. The van der Waals surface area contributed by atoms with Gasteiger partial charge in [0.15, 0.2) is 0 Å². The van der Waals surface area contributed by atoms with Crippen molar-refractivity contribution in [1.82, 2.24) is 9.80 Å². The molecule has 0 saturated carbocycles. The Bertz CT molecular complexity index is 887. The second-order valence-electron chi connectivity index (χ2n) is 8.31. The van der Waals surface area contributed by atoms with E-state index in [4.69, 9.17) is 14.2 Å². The zero-order valence-electron chi connectivity index (χ0n) is 18.5. The standard InChI is InChI=1S/C25H32N2O4/c1-29-21-7-5-6-19(16-21)18-26-14-10-20(11-15-26)31-24-17-22(30-2)8-9-23(24)25(28)27-12-3-4-13-27/h5-9,16-17,20H,3-4,10-15,18H2,1-2H3. The van der Waals surface area contributed by atoms with E-state index in [0.717, 1.165) is 64.2 Å². The molecule has 1 amide bonds. The highest BCUT2D eigenvalue weighted by Crippen LogP contribution is 2.30. The van der Waals surface area contributed by atoms with E-state index in [9.17, 15) is 4.79 Å². The lowest BCUT2D eigenvalue weighted by molar-refractivity contribution is 0.0764. The van der Waals surface area contributed by atoms with Crippen molar-refractivity contribution < 1.29 is 19.0 Å². The Labute approximate surface area is 184 Å². The molecule has 2 aromatic carbocycles. The molecule has 2 aromatic rings. The van der Waals surface area contributed by atoms with E-state index in [0.29, 0.717) is 17.1 Å². The van der Waals surface area contributed by atoms with Crippen molar-refractivity contribution in [2.45, 2.75) is 38.3 Å². The molecule has 2 heterocycles. The van der Waals surface area contributed by atoms with Crippen LogP contribution in [0.3, 0.4) is 0 Å². The Morgan fingerprint density at radius 3 is 2.35 bits per heavy atom. The van der Waals surface area contributed by atoms with Crippen LogP contribution in [0.4, 0.5) is 0 Å². The summed E-state index contributed by atoms with van der Waals surface area (Å²) in [5.74, 6) is 2.31. The molecule has 2 saturated heterocycles. The third kappa shape index (κ3) is 5.31. The van der Waals surface area contributed by atoms with Crippen molar-refractivity contribution in [3.63, 3.8) is 0 Å². The molecule has 2 fully saturated rings. The molecule has 6 heteroatoms. The van der Waals surface area contributed by atoms with Crippen molar-refractivity contribution in [3.05, 3.63) is 53.6 Å². The number of hydrogen-bond acceptors (Lipinski definition) is 5. The monoisotopic (exact) mass is 424 g/mol. The second-order valence-corrected chi connectivity index (χ2v) is 8.31. The summed E-state index contributed by atoms with van der Waals surface area (Å²) in [5.41, 5.74) is 1.89. The molecule has 0 N–H and O–H groups in total. The molecule has 2 aliphatic heterocycles. The number of rotatable bonds is 7. The minimum atomic E-state index is 0.0608. The molecule has 31 heavy (non-hydrogen) atoms. The normalized spacial score (nSPS) is 17.5. The maximum Gasteiger partial charge on any atom is 0.257 e. The Morgan fingerprint density at radius 2 is 1.65 bits per heavy atom. The van der Waals surface area contributed by atoms with E-state index in [1.54, 1.807) is 14.2 Å². The van der Waals surface area contributed by atoms with Crippen LogP contribution >= 0.6 is 0 Å². The van der Waals surface area contributed by atoms with Gasteiger partial charge >= 0.3 is 0 Å². The van der Waals surface area contributed by atoms with Gasteiger partial charge in [-0.25, -0.2) is 0 Å². The molecule has 4 rings (SSSR count). The molecule has 0 atom stereocenters. The topological polar surface area (TPSA) is 51.2 Å². The predicted molar refractivity (Wildman–Crippen MR) is 120 cm³/mol. The van der Waals surface area contributed by atoms with Gasteiger partial charge in [-0.2, -0.15) is 0 Å². The average molecular weight is 425 g/mol. The molecule has 6 nitrogen and oxygen atoms in total. The van der Waals surface area contributed by atoms with Crippen molar-refractivity contribution in [3.8, 4) is 17.2 Å². The SMILES string of the molecule is COc1cccc(CN2CCC(Oc3cc(OC)ccc3C(=O)N3CCCC3)CC2)c1. The lowest BCUT2D eigenvalue weighted by atomic mass is 10.1. The molecule has 0 spiro atoms. The summed E-state index contributed by atoms with van der Waals surface area (Å²) in [7, 11) is 3.33. The first-order chi connectivity index (χ1) is 15.2. The number of methoxy groups -OCH3 is 2. The summed E-state index contributed by atoms with van der Waals surface area (Å²) in [5, 5.41) is 0. The van der Waals surface area contributed by atoms with Crippen molar-refractivity contribution >= 4 is 5.91 Å². The number of likely N-dealkylation sites (tertiary alicyclic amines) is 2. The molecular formula is C25H32N2O4. The average Bonchev–Trinajstić information content (AvgIpc) is 3.35. The van der Waals surface area contributed by atoms with Crippen molar-refractivity contribution in [2.75, 3.05) is 40.4 Å². The van der Waals surface area contributed by atoms with Crippen LogP contribution in [0.5, 0.6) is 17.2 Å². The summed E-state index contributed by atoms with van der Waals surface area (Å²) < 4.78 is 17.1. The molecule has 0 unspecified atom stereocenters. The van der Waals surface area contributed by atoms with Gasteiger partial charge in [0.05, 0.1) is 19.8 Å². The third-order valence-electron chi connectivity index (χ3n) is 6.18. The molecule has 0 bridgehead atoms. The van der Waals surface area contributed by atoms with Gasteiger partial charge in [0.1, 0.15) is 23.4 Å². The smallest absolute Gasteiger partial charge is 0.257 e. The fraction of sp³-hybridized carbons (Fsp3) is 0.480. The summed E-state index contributed by atoms with van der Waals surface area (Å²) >= 11 is 0. The Kier molecular flexibility index (Phi) is 6.97. The molecule has 0 aromatic heterocycles. The maximum atomic E-state index is 13.0. The molecule has 2 aliphatic rings. The minimum absolute atomic E-state index is 0.0608. The lowest BCUT2D eigenvalue weighted by Gasteiger charge is -2.32. The van der Waals surface area contributed by atoms with Gasteiger partial charge in [-0.1, -0.05) is 12.1 Å². The van der Waals surface area contributed by atoms with Gasteiger partial charge in [-0.3, -0.25) is 9.69 Å². The first-order valence-electron chi connectivity index (χ1n) is 11.2. The van der Waals surface area contributed by atoms with Crippen LogP contribution < -0.4 is 14.2 Å². The summed E-state index contributed by atoms with van der Waals surface area (Å²) in [6, 6.07) is 13.8. The summed E-state index contributed by atoms with van der Waals surface area (Å²) in [6.45, 7) is 4.48. The van der Waals surface area contributed by atoms with Crippen LogP contribution in [0, 0.1) is 0 Å². The lowest BCUT2D eigenvalue weighted by Crippen LogP contribution is -2.38. The Hall–Kier alpha value is -2.73. The fourth-order valence-corrected chi connectivity index (χ4v) is 4.39. The largest absolute Gasteiger partial charge is 0.497 e. The highest BCUT2D eigenvalue weighted by molar-refractivity contribution is 5.97. The first kappa shape index (κ1) is 21.5. The second kappa shape index (κ2) is 10.1. The van der Waals surface area contributed by atoms with E-state index in [2.05, 4.69) is 17.0 Å². The van der Waals surface area contributed by atoms with Gasteiger partial charge < -0.3 is 19.1 Å². The van der Waals surface area contributed by atoms with Crippen LogP contribution in [0.15, 0.2) is 42.5 Å². The van der Waals surface area contributed by atoms with Crippen molar-refractivity contribution in [2.24, 2.45) is 0 Å². The minimum Gasteiger partial charge on any atom is -0.497 e. The molecule has 166 valence electrons. The quantitative estimate of drug-likeness (QED) is 0.673. The zero-order valence-corrected chi connectivity index (χ0v) is 18.5. The number of ether oxygens (including phenoxy) is 3. The van der Waals surface area contributed by atoms with Crippen molar-refractivity contribution in [1.29, 1.82) is 0 Å². The fourth-order valence-electron chi connectivity index (χ4n) is 4.39. The van der Waals surface area contributed by atoms with Crippen LogP contribution in [0.25, 0.3) is 0 Å². The third-order valence-corrected chi connectivity index (χ3v) is 6.18. The summed E-state index contributed by atoms with van der Waals surface area (Å²) in [6.07, 6.45) is 4.10. The van der Waals surface area contributed by atoms with E-state index in [1.807, 2.05) is 35.2 Å². The highest BCUT2D eigenvalue weighted by Gasteiger charge is 2.26. The number of piperidine rings is 1. The van der Waals surface area contributed by atoms with E-state index >= 15 is 0 Å². The van der Waals surface area contributed by atoms with Gasteiger partial charge in [0.2, 0.25) is 0 Å². The number of nitrogens with zero attached hydrogens (tertiary/aromatic N) is 2. The summed E-state index contributed by atoms with van der Waals surface area (Å²) in [4.78, 5) is 17.4. The van der Waals surface area contributed by atoms with Gasteiger partial charge in [0, 0.05) is 38.8 Å². The number of amides is 1. The number of carbonyl (C=O) groups excluding carboxylic acids is 1. The number of hydrogen-bond donors (Lipinski definition) is 0. The number of carbonyl (C=O) groups is 1. The first-order valence-corrected chi connectivity index (χ1v) is 11.2. The van der Waals surface area contributed by atoms with Crippen LogP contribution in [-0.2, 0) is 6.54 Å². The highest BCUT2D eigenvalue weighted by atomic mass is 16.5. The Morgan fingerprint density at radius 1 is 0.935 bits per heavy atom. The van der Waals surface area contributed by atoms with Crippen LogP contribution in [0.1, 0.15) is 41.6 Å². The molecular weight excluding hydrogens is 392 g/mol. The molecule has 0 aliphatic carbocycles. The van der Waals surface area contributed by atoms with Crippen LogP contribution in [0.2, 0.25) is 0 Å². The van der Waals surface area contributed by atoms with Gasteiger partial charge in [0.25, 0.3) is 5.91 Å². The van der Waals surface area contributed by atoms with E-state index in [-0.39, 0.29) is 12.0 Å². The molecule has 0 radical (unpaired) electrons. The van der Waals surface area contributed by atoms with Gasteiger partial charge in [-0.15, -0.1) is 0 Å². The zero-order chi connectivity index (χ0) is 21.6. The maximum absolute atomic E-state index is 13.0. The van der Waals surface area contributed by atoms with Crippen LogP contribution in [-0.4, -0.2) is 62.2 Å².